The number of carbonyl (C=O) groups is 1. The Morgan fingerprint density at radius 2 is 2.12 bits per heavy atom. The van der Waals surface area contributed by atoms with Crippen LogP contribution in [0.5, 0.6) is 0 Å². The number of hydrogen-bond donors (Lipinski definition) is 2. The van der Waals surface area contributed by atoms with E-state index in [0.717, 1.165) is 31.8 Å². The minimum absolute atomic E-state index is 0.184. The molecule has 4 heteroatoms. The first kappa shape index (κ1) is 12.8. The van der Waals surface area contributed by atoms with Gasteiger partial charge in [0.2, 0.25) is 5.91 Å². The van der Waals surface area contributed by atoms with Crippen molar-refractivity contribution in [2.45, 2.75) is 63.1 Å². The highest BCUT2D eigenvalue weighted by molar-refractivity contribution is 5.84. The summed E-state index contributed by atoms with van der Waals surface area (Å²) in [6.45, 7) is 3.31. The van der Waals surface area contributed by atoms with Crippen molar-refractivity contribution >= 4 is 5.91 Å². The van der Waals surface area contributed by atoms with Crippen LogP contribution < -0.4 is 11.1 Å². The van der Waals surface area contributed by atoms with E-state index in [0.29, 0.717) is 6.04 Å². The van der Waals surface area contributed by atoms with E-state index in [-0.39, 0.29) is 5.91 Å². The highest BCUT2D eigenvalue weighted by atomic mass is 16.1. The van der Waals surface area contributed by atoms with Crippen molar-refractivity contribution < 1.29 is 4.79 Å². The minimum atomic E-state index is -0.467. The number of amides is 1. The second-order valence-electron chi connectivity index (χ2n) is 5.51. The summed E-state index contributed by atoms with van der Waals surface area (Å²) in [5, 5.41) is 3.18. The average molecular weight is 239 g/mol. The quantitative estimate of drug-likeness (QED) is 0.748. The number of carbonyl (C=O) groups excluding carboxylic acids is 1. The van der Waals surface area contributed by atoms with Gasteiger partial charge in [0.05, 0.1) is 5.54 Å². The molecule has 2 aliphatic carbocycles. The predicted octanol–water partition coefficient (Wildman–Crippen LogP) is 0.857. The van der Waals surface area contributed by atoms with Crippen molar-refractivity contribution in [3.63, 3.8) is 0 Å². The summed E-state index contributed by atoms with van der Waals surface area (Å²) >= 11 is 0. The molecule has 0 aliphatic heterocycles. The van der Waals surface area contributed by atoms with Gasteiger partial charge in [0.15, 0.2) is 0 Å². The van der Waals surface area contributed by atoms with Crippen LogP contribution in [-0.4, -0.2) is 42.0 Å². The number of hydrogen-bond acceptors (Lipinski definition) is 3. The second kappa shape index (κ2) is 4.94. The fourth-order valence-electron chi connectivity index (χ4n) is 3.32. The van der Waals surface area contributed by atoms with Crippen LogP contribution in [0.15, 0.2) is 0 Å². The number of nitrogens with zero attached hydrogens (tertiary/aromatic N) is 1. The van der Waals surface area contributed by atoms with E-state index >= 15 is 0 Å². The molecule has 0 aromatic heterocycles. The molecule has 0 spiro atoms. The van der Waals surface area contributed by atoms with E-state index in [4.69, 9.17) is 5.73 Å². The molecule has 2 saturated carbocycles. The molecule has 0 aromatic carbocycles. The summed E-state index contributed by atoms with van der Waals surface area (Å²) in [5.74, 6) is -0.184. The molecule has 98 valence electrons. The molecule has 2 rings (SSSR count). The molecule has 2 aliphatic rings. The molecule has 0 saturated heterocycles. The van der Waals surface area contributed by atoms with Gasteiger partial charge in [0, 0.05) is 12.1 Å². The van der Waals surface area contributed by atoms with Gasteiger partial charge in [-0.1, -0.05) is 6.92 Å². The SMILES string of the molecule is CCN(C1CC1)C1CCCC(NC)(C(N)=O)C1. The van der Waals surface area contributed by atoms with E-state index in [1.54, 1.807) is 0 Å². The molecule has 17 heavy (non-hydrogen) atoms. The molecule has 1 amide bonds. The lowest BCUT2D eigenvalue weighted by molar-refractivity contribution is -0.126. The molecule has 0 heterocycles. The van der Waals surface area contributed by atoms with Crippen molar-refractivity contribution in [1.29, 1.82) is 0 Å². The van der Waals surface area contributed by atoms with Gasteiger partial charge in [-0.2, -0.15) is 0 Å². The number of likely N-dealkylation sites (N-methyl/N-ethyl adjacent to an activating group) is 1. The van der Waals surface area contributed by atoms with E-state index in [1.807, 2.05) is 7.05 Å². The van der Waals surface area contributed by atoms with Crippen LogP contribution in [0.4, 0.5) is 0 Å². The minimum Gasteiger partial charge on any atom is -0.368 e. The monoisotopic (exact) mass is 239 g/mol. The number of nitrogens with two attached hydrogens (primary N) is 1. The van der Waals surface area contributed by atoms with Gasteiger partial charge in [0.1, 0.15) is 0 Å². The third kappa shape index (κ3) is 2.47. The molecule has 0 radical (unpaired) electrons. The van der Waals surface area contributed by atoms with Gasteiger partial charge in [-0.15, -0.1) is 0 Å². The van der Waals surface area contributed by atoms with Gasteiger partial charge in [-0.05, 0) is 52.1 Å². The van der Waals surface area contributed by atoms with Crippen LogP contribution in [0.2, 0.25) is 0 Å². The third-order valence-corrected chi connectivity index (χ3v) is 4.53. The zero-order chi connectivity index (χ0) is 12.5. The number of primary amides is 1. The summed E-state index contributed by atoms with van der Waals surface area (Å²) in [5.41, 5.74) is 5.12. The lowest BCUT2D eigenvalue weighted by atomic mass is 9.78. The average Bonchev–Trinajstić information content (AvgIpc) is 3.14. The Hall–Kier alpha value is -0.610. The Labute approximate surface area is 104 Å². The Morgan fingerprint density at radius 1 is 1.41 bits per heavy atom. The van der Waals surface area contributed by atoms with Crippen LogP contribution in [-0.2, 0) is 4.79 Å². The highest BCUT2D eigenvalue weighted by Crippen LogP contribution is 2.36. The van der Waals surface area contributed by atoms with Crippen molar-refractivity contribution in [2.24, 2.45) is 5.73 Å². The van der Waals surface area contributed by atoms with Crippen LogP contribution in [0.1, 0.15) is 45.4 Å². The van der Waals surface area contributed by atoms with Crippen LogP contribution >= 0.6 is 0 Å². The normalized spacial score (nSPS) is 33.9. The van der Waals surface area contributed by atoms with E-state index in [1.165, 1.54) is 19.3 Å². The van der Waals surface area contributed by atoms with Crippen molar-refractivity contribution in [1.82, 2.24) is 10.2 Å². The lowest BCUT2D eigenvalue weighted by Crippen LogP contribution is -2.59. The van der Waals surface area contributed by atoms with Gasteiger partial charge < -0.3 is 11.1 Å². The topological polar surface area (TPSA) is 58.4 Å². The molecule has 4 nitrogen and oxygen atoms in total. The highest BCUT2D eigenvalue weighted by Gasteiger charge is 2.43. The lowest BCUT2D eigenvalue weighted by Gasteiger charge is -2.43. The molecule has 2 unspecified atom stereocenters. The van der Waals surface area contributed by atoms with Crippen LogP contribution in [0.3, 0.4) is 0 Å². The van der Waals surface area contributed by atoms with E-state index in [9.17, 15) is 4.79 Å². The van der Waals surface area contributed by atoms with Crippen molar-refractivity contribution in [2.75, 3.05) is 13.6 Å². The number of rotatable bonds is 5. The fraction of sp³-hybridized carbons (Fsp3) is 0.923. The Balaban J connectivity index is 2.07. The molecular weight excluding hydrogens is 214 g/mol. The maximum Gasteiger partial charge on any atom is 0.237 e. The van der Waals surface area contributed by atoms with Gasteiger partial charge >= 0.3 is 0 Å². The summed E-state index contributed by atoms with van der Waals surface area (Å²) in [6.07, 6.45) is 6.72. The van der Waals surface area contributed by atoms with Crippen LogP contribution in [0.25, 0.3) is 0 Å². The zero-order valence-corrected chi connectivity index (χ0v) is 11.0. The van der Waals surface area contributed by atoms with Crippen molar-refractivity contribution in [3.05, 3.63) is 0 Å². The number of nitrogens with one attached hydrogen (secondary N) is 1. The molecule has 0 aromatic rings. The maximum absolute atomic E-state index is 11.7. The van der Waals surface area contributed by atoms with Crippen molar-refractivity contribution in [3.8, 4) is 0 Å². The van der Waals surface area contributed by atoms with E-state index in [2.05, 4.69) is 17.1 Å². The molecular formula is C13H25N3O. The molecule has 0 bridgehead atoms. The van der Waals surface area contributed by atoms with Crippen LogP contribution in [0, 0.1) is 0 Å². The Bertz CT molecular complexity index is 290. The van der Waals surface area contributed by atoms with Gasteiger partial charge in [-0.25, -0.2) is 0 Å². The maximum atomic E-state index is 11.7. The first-order valence-corrected chi connectivity index (χ1v) is 6.87. The molecule has 3 N–H and O–H groups in total. The molecule has 2 fully saturated rings. The second-order valence-corrected chi connectivity index (χ2v) is 5.51. The standard InChI is InChI=1S/C13H25N3O/c1-3-16(10-6-7-10)11-5-4-8-13(9-11,15-2)12(14)17/h10-11,15H,3-9H2,1-2H3,(H2,14,17). The summed E-state index contributed by atoms with van der Waals surface area (Å²) in [4.78, 5) is 14.3. The Kier molecular flexibility index (Phi) is 3.73. The van der Waals surface area contributed by atoms with E-state index < -0.39 is 5.54 Å². The largest absolute Gasteiger partial charge is 0.368 e. The van der Waals surface area contributed by atoms with Gasteiger partial charge in [0.25, 0.3) is 0 Å². The zero-order valence-electron chi connectivity index (χ0n) is 11.0. The summed E-state index contributed by atoms with van der Waals surface area (Å²) in [6, 6.07) is 1.30. The molecule has 2 atom stereocenters. The Morgan fingerprint density at radius 3 is 2.59 bits per heavy atom. The fourth-order valence-corrected chi connectivity index (χ4v) is 3.32. The smallest absolute Gasteiger partial charge is 0.237 e. The first-order valence-electron chi connectivity index (χ1n) is 6.87. The summed E-state index contributed by atoms with van der Waals surface area (Å²) < 4.78 is 0. The third-order valence-electron chi connectivity index (χ3n) is 4.53. The van der Waals surface area contributed by atoms with Gasteiger partial charge in [-0.3, -0.25) is 9.69 Å². The predicted molar refractivity (Wildman–Crippen MR) is 68.6 cm³/mol. The summed E-state index contributed by atoms with van der Waals surface area (Å²) in [7, 11) is 1.86. The first-order chi connectivity index (χ1) is 8.13.